The van der Waals surface area contributed by atoms with Gasteiger partial charge in [0.05, 0.1) is 25.0 Å². The number of rotatable bonds is 4. The number of morpholine rings is 1. The van der Waals surface area contributed by atoms with Crippen LogP contribution in [0.15, 0.2) is 12.3 Å². The first-order valence-electron chi connectivity index (χ1n) is 6.06. The minimum absolute atomic E-state index is 0.00488. The fraction of sp³-hybridized carbons (Fsp3) is 0.500. The minimum Gasteiger partial charge on any atom is -0.379 e. The molecule has 1 amide bonds. The van der Waals surface area contributed by atoms with Gasteiger partial charge in [0, 0.05) is 26.2 Å². The molecule has 1 N–H and O–H groups in total. The Morgan fingerprint density at radius 1 is 1.53 bits per heavy atom. The van der Waals surface area contributed by atoms with Crippen LogP contribution in [0.1, 0.15) is 10.4 Å². The molecule has 0 spiro atoms. The highest BCUT2D eigenvalue weighted by atomic mass is 35.5. The van der Waals surface area contributed by atoms with Crippen molar-refractivity contribution < 1.29 is 13.9 Å². The van der Waals surface area contributed by atoms with Crippen molar-refractivity contribution in [1.82, 2.24) is 15.2 Å². The van der Waals surface area contributed by atoms with Gasteiger partial charge in [0.25, 0.3) is 5.91 Å². The molecule has 0 unspecified atom stereocenters. The predicted molar refractivity (Wildman–Crippen MR) is 68.8 cm³/mol. The van der Waals surface area contributed by atoms with Gasteiger partial charge in [0.1, 0.15) is 11.0 Å². The lowest BCUT2D eigenvalue weighted by atomic mass is 10.2. The van der Waals surface area contributed by atoms with Crippen molar-refractivity contribution in [3.05, 3.63) is 28.8 Å². The molecule has 1 aromatic heterocycles. The summed E-state index contributed by atoms with van der Waals surface area (Å²) in [6, 6.07) is 1.08. The molecular formula is C12H15ClFN3O2. The van der Waals surface area contributed by atoms with Crippen LogP contribution in [0, 0.1) is 5.82 Å². The Labute approximate surface area is 115 Å². The summed E-state index contributed by atoms with van der Waals surface area (Å²) in [7, 11) is 0. The Balaban J connectivity index is 1.82. The van der Waals surface area contributed by atoms with Crippen LogP contribution < -0.4 is 5.32 Å². The average molecular weight is 288 g/mol. The fourth-order valence-corrected chi connectivity index (χ4v) is 2.02. The molecule has 1 aliphatic rings. The summed E-state index contributed by atoms with van der Waals surface area (Å²) >= 11 is 5.75. The molecule has 0 saturated carbocycles. The zero-order valence-electron chi connectivity index (χ0n) is 10.4. The Morgan fingerprint density at radius 2 is 2.26 bits per heavy atom. The molecule has 5 nitrogen and oxygen atoms in total. The molecule has 1 aliphatic heterocycles. The van der Waals surface area contributed by atoms with E-state index in [1.165, 1.54) is 0 Å². The maximum Gasteiger partial charge on any atom is 0.254 e. The van der Waals surface area contributed by atoms with Gasteiger partial charge in [-0.25, -0.2) is 9.37 Å². The van der Waals surface area contributed by atoms with Crippen molar-refractivity contribution in [3.8, 4) is 0 Å². The number of carbonyl (C=O) groups is 1. The third kappa shape index (κ3) is 4.12. The summed E-state index contributed by atoms with van der Waals surface area (Å²) in [4.78, 5) is 17.6. The highest BCUT2D eigenvalue weighted by Gasteiger charge is 2.14. The van der Waals surface area contributed by atoms with Gasteiger partial charge in [-0.05, 0) is 6.07 Å². The summed E-state index contributed by atoms with van der Waals surface area (Å²) in [5.74, 6) is -0.993. The van der Waals surface area contributed by atoms with E-state index in [-0.39, 0.29) is 10.7 Å². The van der Waals surface area contributed by atoms with Gasteiger partial charge >= 0.3 is 0 Å². The molecule has 2 heterocycles. The molecule has 0 bridgehead atoms. The number of hydrogen-bond acceptors (Lipinski definition) is 4. The zero-order valence-corrected chi connectivity index (χ0v) is 11.1. The van der Waals surface area contributed by atoms with Gasteiger partial charge in [-0.1, -0.05) is 11.6 Å². The standard InChI is InChI=1S/C12H15ClFN3O2/c13-11-10(7-9(14)8-16-11)12(18)15-1-2-17-3-5-19-6-4-17/h7-8H,1-6H2,(H,15,18). The second kappa shape index (κ2) is 6.79. The van der Waals surface area contributed by atoms with E-state index in [1.54, 1.807) is 0 Å². The van der Waals surface area contributed by atoms with Gasteiger partial charge in [0.2, 0.25) is 0 Å². The van der Waals surface area contributed by atoms with Crippen LogP contribution in [-0.2, 0) is 4.74 Å². The van der Waals surface area contributed by atoms with Crippen LogP contribution in [-0.4, -0.2) is 55.2 Å². The topological polar surface area (TPSA) is 54.5 Å². The van der Waals surface area contributed by atoms with E-state index in [9.17, 15) is 9.18 Å². The van der Waals surface area contributed by atoms with Crippen LogP contribution in [0.5, 0.6) is 0 Å². The van der Waals surface area contributed by atoms with E-state index in [1.807, 2.05) is 0 Å². The molecule has 1 fully saturated rings. The van der Waals surface area contributed by atoms with Crippen LogP contribution in [0.25, 0.3) is 0 Å². The summed E-state index contributed by atoms with van der Waals surface area (Å²) in [5, 5.41) is 2.71. The van der Waals surface area contributed by atoms with Gasteiger partial charge in [-0.3, -0.25) is 9.69 Å². The van der Waals surface area contributed by atoms with Crippen molar-refractivity contribution in [2.45, 2.75) is 0 Å². The molecular weight excluding hydrogens is 273 g/mol. The average Bonchev–Trinajstić information content (AvgIpc) is 2.42. The third-order valence-electron chi connectivity index (χ3n) is 2.87. The molecule has 19 heavy (non-hydrogen) atoms. The van der Waals surface area contributed by atoms with Crippen LogP contribution in [0.3, 0.4) is 0 Å². The van der Waals surface area contributed by atoms with E-state index < -0.39 is 11.7 Å². The van der Waals surface area contributed by atoms with E-state index in [0.717, 1.165) is 31.9 Å². The van der Waals surface area contributed by atoms with E-state index >= 15 is 0 Å². The monoisotopic (exact) mass is 287 g/mol. The lowest BCUT2D eigenvalue weighted by Crippen LogP contribution is -2.41. The van der Waals surface area contributed by atoms with Crippen LogP contribution >= 0.6 is 11.6 Å². The Kier molecular flexibility index (Phi) is 5.07. The zero-order chi connectivity index (χ0) is 13.7. The maximum atomic E-state index is 13.0. The van der Waals surface area contributed by atoms with Gasteiger partial charge in [-0.2, -0.15) is 0 Å². The Hall–Kier alpha value is -1.24. The van der Waals surface area contributed by atoms with E-state index in [2.05, 4.69) is 15.2 Å². The normalized spacial score (nSPS) is 16.3. The molecule has 7 heteroatoms. The molecule has 0 aliphatic carbocycles. The number of ether oxygens (including phenoxy) is 1. The Bertz CT molecular complexity index is 453. The van der Waals surface area contributed by atoms with Crippen molar-refractivity contribution in [2.24, 2.45) is 0 Å². The highest BCUT2D eigenvalue weighted by molar-refractivity contribution is 6.32. The summed E-state index contributed by atoms with van der Waals surface area (Å²) in [6.45, 7) is 4.36. The number of nitrogens with zero attached hydrogens (tertiary/aromatic N) is 2. The number of nitrogens with one attached hydrogen (secondary N) is 1. The van der Waals surface area contributed by atoms with Gasteiger partial charge < -0.3 is 10.1 Å². The summed E-state index contributed by atoms with van der Waals surface area (Å²) in [6.07, 6.45) is 0.979. The van der Waals surface area contributed by atoms with Crippen molar-refractivity contribution in [2.75, 3.05) is 39.4 Å². The number of pyridine rings is 1. The van der Waals surface area contributed by atoms with Gasteiger partial charge in [-0.15, -0.1) is 0 Å². The molecule has 104 valence electrons. The summed E-state index contributed by atoms with van der Waals surface area (Å²) in [5.41, 5.74) is 0.0589. The second-order valence-electron chi connectivity index (χ2n) is 4.20. The fourth-order valence-electron chi connectivity index (χ4n) is 1.83. The number of halogens is 2. The number of carbonyl (C=O) groups excluding carboxylic acids is 1. The molecule has 2 rings (SSSR count). The first-order chi connectivity index (χ1) is 9.16. The Morgan fingerprint density at radius 3 is 3.00 bits per heavy atom. The van der Waals surface area contributed by atoms with Crippen molar-refractivity contribution >= 4 is 17.5 Å². The molecule has 0 radical (unpaired) electrons. The molecule has 1 aromatic rings. The van der Waals surface area contributed by atoms with E-state index in [4.69, 9.17) is 16.3 Å². The molecule has 0 atom stereocenters. The lowest BCUT2D eigenvalue weighted by molar-refractivity contribution is 0.0383. The number of amides is 1. The smallest absolute Gasteiger partial charge is 0.254 e. The predicted octanol–water partition coefficient (Wildman–Crippen LogP) is 0.936. The van der Waals surface area contributed by atoms with Crippen LogP contribution in [0.2, 0.25) is 5.15 Å². The lowest BCUT2D eigenvalue weighted by Gasteiger charge is -2.26. The quantitative estimate of drug-likeness (QED) is 0.838. The minimum atomic E-state index is -0.581. The SMILES string of the molecule is O=C(NCCN1CCOCC1)c1cc(F)cnc1Cl. The third-order valence-corrected chi connectivity index (χ3v) is 3.17. The largest absolute Gasteiger partial charge is 0.379 e. The maximum absolute atomic E-state index is 13.0. The van der Waals surface area contributed by atoms with Crippen molar-refractivity contribution in [1.29, 1.82) is 0 Å². The first kappa shape index (κ1) is 14.2. The number of hydrogen-bond donors (Lipinski definition) is 1. The van der Waals surface area contributed by atoms with Crippen LogP contribution in [0.4, 0.5) is 4.39 Å². The molecule has 0 aromatic carbocycles. The second-order valence-corrected chi connectivity index (χ2v) is 4.56. The van der Waals surface area contributed by atoms with Gasteiger partial charge in [0.15, 0.2) is 0 Å². The molecule has 1 saturated heterocycles. The van der Waals surface area contributed by atoms with E-state index in [0.29, 0.717) is 19.8 Å². The van der Waals surface area contributed by atoms with Crippen molar-refractivity contribution in [3.63, 3.8) is 0 Å². The summed E-state index contributed by atoms with van der Waals surface area (Å²) < 4.78 is 18.2. The first-order valence-corrected chi connectivity index (χ1v) is 6.44. The number of aromatic nitrogens is 1. The highest BCUT2D eigenvalue weighted by Crippen LogP contribution is 2.13.